The lowest BCUT2D eigenvalue weighted by Crippen LogP contribution is -2.49. The Hall–Kier alpha value is -0.980. The van der Waals surface area contributed by atoms with E-state index in [9.17, 15) is 0 Å². The maximum Gasteiger partial charge on any atom is 0.119 e. The molecule has 2 saturated carbocycles. The third-order valence-electron chi connectivity index (χ3n) is 7.98. The summed E-state index contributed by atoms with van der Waals surface area (Å²) < 4.78 is 5.52. The number of benzene rings is 1. The van der Waals surface area contributed by atoms with Gasteiger partial charge >= 0.3 is 0 Å². The summed E-state index contributed by atoms with van der Waals surface area (Å²) in [7, 11) is 1.80. The molecule has 0 aromatic heterocycles. The largest absolute Gasteiger partial charge is 0.497 e. The zero-order chi connectivity index (χ0) is 16.0. The van der Waals surface area contributed by atoms with Crippen LogP contribution in [0.15, 0.2) is 18.2 Å². The van der Waals surface area contributed by atoms with E-state index < -0.39 is 0 Å². The summed E-state index contributed by atoms with van der Waals surface area (Å²) in [6.07, 6.45) is 11.4. The van der Waals surface area contributed by atoms with E-state index in [0.717, 1.165) is 29.4 Å². The van der Waals surface area contributed by atoms with E-state index in [0.29, 0.717) is 5.41 Å². The van der Waals surface area contributed by atoms with Gasteiger partial charge in [0, 0.05) is 0 Å². The number of ether oxygens (including phenoxy) is 1. The fraction of sp³-hybridized carbons (Fsp3) is 0.727. The minimum atomic E-state index is 0.649. The molecule has 1 aromatic rings. The van der Waals surface area contributed by atoms with Gasteiger partial charge in [-0.25, -0.2) is 0 Å². The Morgan fingerprint density at radius 2 is 2.04 bits per heavy atom. The van der Waals surface area contributed by atoms with E-state index in [-0.39, 0.29) is 0 Å². The number of rotatable bonds is 2. The van der Waals surface area contributed by atoms with Crippen molar-refractivity contribution in [2.75, 3.05) is 7.11 Å². The molecule has 0 heterocycles. The molecule has 1 aromatic carbocycles. The first kappa shape index (κ1) is 15.5. The van der Waals surface area contributed by atoms with Gasteiger partial charge in [0.2, 0.25) is 0 Å². The number of aryl methyl sites for hydroxylation is 1. The van der Waals surface area contributed by atoms with Crippen LogP contribution in [0.3, 0.4) is 0 Å². The average Bonchev–Trinajstić information content (AvgIpc) is 2.61. The molecule has 3 aliphatic rings. The second-order valence-corrected chi connectivity index (χ2v) is 8.44. The highest BCUT2D eigenvalue weighted by Gasteiger charge is 2.52. The van der Waals surface area contributed by atoms with Gasteiger partial charge in [-0.1, -0.05) is 32.8 Å². The Morgan fingerprint density at radius 1 is 1.17 bits per heavy atom. The second kappa shape index (κ2) is 5.83. The molecule has 0 spiro atoms. The van der Waals surface area contributed by atoms with E-state index >= 15 is 0 Å². The third kappa shape index (κ3) is 2.26. The first-order valence-electron chi connectivity index (χ1n) is 9.86. The Kier molecular flexibility index (Phi) is 3.94. The summed E-state index contributed by atoms with van der Waals surface area (Å²) in [5, 5.41) is 0. The Labute approximate surface area is 141 Å². The molecular weight excluding hydrogens is 280 g/mol. The molecule has 126 valence electrons. The number of methoxy groups -OCH3 is 1. The fourth-order valence-electron chi connectivity index (χ4n) is 6.75. The van der Waals surface area contributed by atoms with E-state index in [1.807, 2.05) is 0 Å². The van der Waals surface area contributed by atoms with Gasteiger partial charge in [-0.3, -0.25) is 0 Å². The van der Waals surface area contributed by atoms with Crippen LogP contribution in [-0.2, 0) is 6.42 Å². The first-order valence-corrected chi connectivity index (χ1v) is 9.86. The van der Waals surface area contributed by atoms with Gasteiger partial charge in [-0.15, -0.1) is 0 Å². The molecular formula is C22H32O. The molecule has 0 amide bonds. The van der Waals surface area contributed by atoms with Crippen LogP contribution in [0.5, 0.6) is 5.75 Å². The van der Waals surface area contributed by atoms with Crippen LogP contribution < -0.4 is 4.74 Å². The normalized spacial score (nSPS) is 39.1. The standard InChI is InChI=1S/C22H32O/c1-4-22-13-12-18-19(21(22)7-5-6-15(22)2)11-9-16-8-10-17(23-3)14-20(16)18/h8,10,14-15,18-19,21H,4-7,9,11-13H2,1-3H3/t15?,18-,19+,21-,22+/m0/s1. The van der Waals surface area contributed by atoms with Gasteiger partial charge < -0.3 is 4.74 Å². The smallest absolute Gasteiger partial charge is 0.119 e. The first-order chi connectivity index (χ1) is 11.2. The van der Waals surface area contributed by atoms with Crippen LogP contribution in [0.25, 0.3) is 0 Å². The average molecular weight is 312 g/mol. The van der Waals surface area contributed by atoms with Crippen molar-refractivity contribution in [2.45, 2.75) is 71.1 Å². The zero-order valence-corrected chi connectivity index (χ0v) is 15.1. The summed E-state index contributed by atoms with van der Waals surface area (Å²) in [5.41, 5.74) is 3.87. The molecule has 23 heavy (non-hydrogen) atoms. The summed E-state index contributed by atoms with van der Waals surface area (Å²) in [5.74, 6) is 4.66. The number of hydrogen-bond donors (Lipinski definition) is 0. The van der Waals surface area contributed by atoms with Crippen LogP contribution in [-0.4, -0.2) is 7.11 Å². The molecule has 0 N–H and O–H groups in total. The summed E-state index contributed by atoms with van der Waals surface area (Å²) >= 11 is 0. The van der Waals surface area contributed by atoms with Crippen molar-refractivity contribution in [2.24, 2.45) is 23.2 Å². The molecule has 4 rings (SSSR count). The van der Waals surface area contributed by atoms with E-state index in [2.05, 4.69) is 32.0 Å². The molecule has 0 bridgehead atoms. The monoisotopic (exact) mass is 312 g/mol. The highest BCUT2D eigenvalue weighted by molar-refractivity contribution is 5.40. The van der Waals surface area contributed by atoms with Crippen molar-refractivity contribution in [3.63, 3.8) is 0 Å². The highest BCUT2D eigenvalue weighted by Crippen LogP contribution is 2.62. The van der Waals surface area contributed by atoms with Crippen LogP contribution in [0.1, 0.15) is 75.8 Å². The van der Waals surface area contributed by atoms with Crippen molar-refractivity contribution in [3.8, 4) is 5.75 Å². The van der Waals surface area contributed by atoms with Crippen molar-refractivity contribution < 1.29 is 4.74 Å². The van der Waals surface area contributed by atoms with Gasteiger partial charge in [-0.05, 0) is 90.9 Å². The lowest BCUT2D eigenvalue weighted by Gasteiger charge is -2.58. The van der Waals surface area contributed by atoms with Crippen LogP contribution in [0.4, 0.5) is 0 Å². The quantitative estimate of drug-likeness (QED) is 0.654. The fourth-order valence-corrected chi connectivity index (χ4v) is 6.75. The number of fused-ring (bicyclic) bond motifs is 5. The maximum absolute atomic E-state index is 5.52. The zero-order valence-electron chi connectivity index (χ0n) is 15.1. The summed E-state index contributed by atoms with van der Waals surface area (Å²) in [4.78, 5) is 0. The highest BCUT2D eigenvalue weighted by atomic mass is 16.5. The van der Waals surface area contributed by atoms with Gasteiger partial charge in [0.25, 0.3) is 0 Å². The van der Waals surface area contributed by atoms with Crippen molar-refractivity contribution in [1.29, 1.82) is 0 Å². The molecule has 1 heteroatoms. The molecule has 0 saturated heterocycles. The Balaban J connectivity index is 1.71. The van der Waals surface area contributed by atoms with Crippen LogP contribution >= 0.6 is 0 Å². The van der Waals surface area contributed by atoms with E-state index in [1.165, 1.54) is 51.4 Å². The maximum atomic E-state index is 5.52. The van der Waals surface area contributed by atoms with Crippen molar-refractivity contribution >= 4 is 0 Å². The second-order valence-electron chi connectivity index (χ2n) is 8.44. The topological polar surface area (TPSA) is 9.23 Å². The van der Waals surface area contributed by atoms with Gasteiger partial charge in [0.1, 0.15) is 5.75 Å². The molecule has 0 radical (unpaired) electrons. The van der Waals surface area contributed by atoms with Gasteiger partial charge in [0.05, 0.1) is 7.11 Å². The predicted molar refractivity (Wildman–Crippen MR) is 96.0 cm³/mol. The summed E-state index contributed by atoms with van der Waals surface area (Å²) in [6.45, 7) is 5.02. The molecule has 2 fully saturated rings. The lowest BCUT2D eigenvalue weighted by atomic mass is 9.47. The molecule has 3 aliphatic carbocycles. The van der Waals surface area contributed by atoms with Crippen molar-refractivity contribution in [1.82, 2.24) is 0 Å². The van der Waals surface area contributed by atoms with Crippen LogP contribution in [0.2, 0.25) is 0 Å². The predicted octanol–water partition coefficient (Wildman–Crippen LogP) is 5.97. The minimum absolute atomic E-state index is 0.649. The molecule has 1 unspecified atom stereocenters. The number of hydrogen-bond acceptors (Lipinski definition) is 1. The van der Waals surface area contributed by atoms with Gasteiger partial charge in [0.15, 0.2) is 0 Å². The van der Waals surface area contributed by atoms with E-state index in [1.54, 1.807) is 18.2 Å². The minimum Gasteiger partial charge on any atom is -0.497 e. The Morgan fingerprint density at radius 3 is 2.83 bits per heavy atom. The lowest BCUT2D eigenvalue weighted by molar-refractivity contribution is -0.0603. The molecule has 5 atom stereocenters. The van der Waals surface area contributed by atoms with Gasteiger partial charge in [-0.2, -0.15) is 0 Å². The van der Waals surface area contributed by atoms with E-state index in [4.69, 9.17) is 4.74 Å². The third-order valence-corrected chi connectivity index (χ3v) is 7.98. The summed E-state index contributed by atoms with van der Waals surface area (Å²) in [6, 6.07) is 6.84. The van der Waals surface area contributed by atoms with Crippen LogP contribution in [0, 0.1) is 23.2 Å². The Bertz CT molecular complexity index is 577. The molecule has 1 nitrogen and oxygen atoms in total. The SMILES string of the molecule is CC[C@]12CC[C@@H]3c4cc(OC)ccc4CC[C@H]3[C@@H]1CCCC2C. The van der Waals surface area contributed by atoms with Crippen molar-refractivity contribution in [3.05, 3.63) is 29.3 Å². The molecule has 0 aliphatic heterocycles.